The molecule has 0 amide bonds. The molecule has 2 saturated carbocycles. The Morgan fingerprint density at radius 3 is 2.79 bits per heavy atom. The smallest absolute Gasteiger partial charge is 0.120 e. The van der Waals surface area contributed by atoms with E-state index in [0.717, 1.165) is 31.4 Å². The van der Waals surface area contributed by atoms with Gasteiger partial charge in [-0.05, 0) is 84.1 Å². The molecule has 0 aromatic heterocycles. The van der Waals surface area contributed by atoms with Crippen LogP contribution in [0.25, 0.3) is 0 Å². The summed E-state index contributed by atoms with van der Waals surface area (Å²) in [7, 11) is 0. The summed E-state index contributed by atoms with van der Waals surface area (Å²) < 4.78 is 14.4. The number of aryl methyl sites for hydroxylation is 1. The number of aliphatic hydroxyl groups is 2. The van der Waals surface area contributed by atoms with Crippen molar-refractivity contribution in [3.05, 3.63) is 65.2 Å². The predicted molar refractivity (Wildman–Crippen MR) is 109 cm³/mol. The largest absolute Gasteiger partial charge is 0.489 e. The number of aliphatic hydroxyl groups excluding tert-OH is 1. The van der Waals surface area contributed by atoms with Crippen molar-refractivity contribution in [1.29, 1.82) is 0 Å². The first-order valence-electron chi connectivity index (χ1n) is 11.1. The maximum atomic E-state index is 10.7. The van der Waals surface area contributed by atoms with Gasteiger partial charge in [0, 0.05) is 0 Å². The Morgan fingerprint density at radius 2 is 1.96 bits per heavy atom. The van der Waals surface area contributed by atoms with Gasteiger partial charge >= 0.3 is 0 Å². The Hall–Kier alpha value is -1.84. The monoisotopic (exact) mass is 379 g/mol. The zero-order valence-electron chi connectivity index (χ0n) is 17.5. The Bertz CT molecular complexity index is 896. The average Bonchev–Trinajstić information content (AvgIpc) is 2.92. The van der Waals surface area contributed by atoms with Gasteiger partial charge in [-0.2, -0.15) is 0 Å². The van der Waals surface area contributed by atoms with Gasteiger partial charge in [-0.1, -0.05) is 43.3 Å². The quantitative estimate of drug-likeness (QED) is 0.828. The molecule has 3 heteroatoms. The van der Waals surface area contributed by atoms with E-state index >= 15 is 0 Å². The average molecular weight is 380 g/mol. The van der Waals surface area contributed by atoms with Crippen LogP contribution < -0.4 is 4.74 Å². The summed E-state index contributed by atoms with van der Waals surface area (Å²) in [5.41, 5.74) is 3.44. The van der Waals surface area contributed by atoms with Crippen molar-refractivity contribution in [2.24, 2.45) is 17.3 Å². The van der Waals surface area contributed by atoms with E-state index in [0.29, 0.717) is 24.9 Å². The molecule has 0 saturated heterocycles. The van der Waals surface area contributed by atoms with Gasteiger partial charge in [0.1, 0.15) is 12.4 Å². The van der Waals surface area contributed by atoms with Gasteiger partial charge in [0.15, 0.2) is 0 Å². The van der Waals surface area contributed by atoms with Gasteiger partial charge in [0.2, 0.25) is 0 Å². The molecule has 3 aliphatic carbocycles. The van der Waals surface area contributed by atoms with Crippen molar-refractivity contribution < 1.29 is 16.3 Å². The fourth-order valence-corrected chi connectivity index (χ4v) is 6.20. The number of ether oxygens (including phenoxy) is 1. The van der Waals surface area contributed by atoms with Gasteiger partial charge < -0.3 is 14.9 Å². The van der Waals surface area contributed by atoms with Crippen LogP contribution in [0.2, 0.25) is 0 Å². The maximum absolute atomic E-state index is 10.7. The molecule has 2 aromatic carbocycles. The van der Waals surface area contributed by atoms with E-state index < -0.39 is 17.6 Å². The summed E-state index contributed by atoms with van der Waals surface area (Å²) in [6.07, 6.45) is 1.71. The second-order valence-corrected chi connectivity index (χ2v) is 9.14. The number of fused-ring (bicyclic) bond motifs is 5. The molecule has 0 aliphatic heterocycles. The lowest BCUT2D eigenvalue weighted by molar-refractivity contribution is -0.0505. The number of rotatable bonds is 3. The van der Waals surface area contributed by atoms with E-state index in [1.807, 2.05) is 25.1 Å². The summed E-state index contributed by atoms with van der Waals surface area (Å²) in [5, 5.41) is 21.1. The molecule has 3 aliphatic rings. The van der Waals surface area contributed by atoms with E-state index in [4.69, 9.17) is 6.11 Å². The Labute approximate surface area is 168 Å². The lowest BCUT2D eigenvalue weighted by atomic mass is 9.55. The van der Waals surface area contributed by atoms with Crippen LogP contribution in [0.3, 0.4) is 0 Å². The molecule has 3 nitrogen and oxygen atoms in total. The van der Waals surface area contributed by atoms with Crippen LogP contribution in [-0.2, 0) is 13.0 Å². The van der Waals surface area contributed by atoms with Crippen LogP contribution in [0, 0.1) is 17.3 Å². The molecule has 0 bridgehead atoms. The summed E-state index contributed by atoms with van der Waals surface area (Å²) in [4.78, 5) is 0. The minimum Gasteiger partial charge on any atom is -0.489 e. The van der Waals surface area contributed by atoms with Crippen LogP contribution in [0.4, 0.5) is 0 Å². The topological polar surface area (TPSA) is 49.7 Å². The highest BCUT2D eigenvalue weighted by atomic mass is 16.5. The molecular formula is C25H30O3. The van der Waals surface area contributed by atoms with Crippen LogP contribution in [0.1, 0.15) is 56.6 Å². The Balaban J connectivity index is 1.36. The second kappa shape index (κ2) is 6.89. The number of hydrogen-bond acceptors (Lipinski definition) is 3. The molecule has 148 valence electrons. The molecule has 2 aromatic rings. The van der Waals surface area contributed by atoms with Crippen molar-refractivity contribution in [3.8, 4) is 5.75 Å². The van der Waals surface area contributed by atoms with Gasteiger partial charge in [0.05, 0.1) is 13.6 Å². The van der Waals surface area contributed by atoms with Crippen molar-refractivity contribution >= 4 is 0 Å². The first kappa shape index (κ1) is 17.1. The summed E-state index contributed by atoms with van der Waals surface area (Å²) in [5.74, 6) is 2.02. The summed E-state index contributed by atoms with van der Waals surface area (Å²) in [6.45, 7) is 2.60. The van der Waals surface area contributed by atoms with Crippen molar-refractivity contribution in [2.75, 3.05) is 0 Å². The molecule has 2 fully saturated rings. The summed E-state index contributed by atoms with van der Waals surface area (Å²) in [6, 6.07) is 16.7. The van der Waals surface area contributed by atoms with Gasteiger partial charge in [-0.15, -0.1) is 0 Å². The van der Waals surface area contributed by atoms with Gasteiger partial charge in [0.25, 0.3) is 0 Å². The van der Waals surface area contributed by atoms with Crippen molar-refractivity contribution in [2.45, 2.75) is 63.7 Å². The molecule has 0 spiro atoms. The SMILES string of the molecule is [2H][C@@]1(O)[C@@H](O)C[C@@H]2[C@H]3CCc4cc(OCc5ccccc5)ccc4[C@@H]3CC[C@]21C. The highest BCUT2D eigenvalue weighted by Gasteiger charge is 2.57. The fraction of sp³-hybridized carbons (Fsp3) is 0.520. The van der Waals surface area contributed by atoms with E-state index in [2.05, 4.69) is 30.3 Å². The number of hydrogen-bond donors (Lipinski definition) is 2. The molecule has 0 heterocycles. The van der Waals surface area contributed by atoms with E-state index in [9.17, 15) is 10.2 Å². The predicted octanol–water partition coefficient (Wildman–Crippen LogP) is 4.45. The lowest BCUT2D eigenvalue weighted by Gasteiger charge is -2.49. The number of benzene rings is 2. The van der Waals surface area contributed by atoms with Crippen LogP contribution in [0.5, 0.6) is 5.75 Å². The first-order valence-corrected chi connectivity index (χ1v) is 10.6. The standard InChI is InChI=1S/C25H30O3/c1-25-12-11-20-19-10-8-18(28-15-16-5-3-2-4-6-16)13-17(19)7-9-21(20)22(25)14-23(26)24(25)27/h2-6,8,10,13,20-24,26-27H,7,9,11-12,14-15H2,1H3/t20-,21-,22+,23-,24+,25+/m0/s1/i24D. The Kier molecular flexibility index (Phi) is 4.20. The zero-order chi connectivity index (χ0) is 20.2. The normalized spacial score (nSPS) is 39.5. The molecule has 6 atom stereocenters. The third-order valence-electron chi connectivity index (χ3n) is 7.71. The molecule has 5 rings (SSSR count). The van der Waals surface area contributed by atoms with Crippen LogP contribution in [-0.4, -0.2) is 22.4 Å². The molecule has 0 unspecified atom stereocenters. The van der Waals surface area contributed by atoms with E-state index in [1.54, 1.807) is 0 Å². The fourth-order valence-electron chi connectivity index (χ4n) is 6.20. The zero-order valence-corrected chi connectivity index (χ0v) is 16.5. The molecular weight excluding hydrogens is 348 g/mol. The highest BCUT2D eigenvalue weighted by Crippen LogP contribution is 2.60. The van der Waals surface area contributed by atoms with E-state index in [-0.39, 0.29) is 5.92 Å². The van der Waals surface area contributed by atoms with Crippen molar-refractivity contribution in [3.63, 3.8) is 0 Å². The third kappa shape index (κ3) is 2.87. The maximum Gasteiger partial charge on any atom is 0.120 e. The van der Waals surface area contributed by atoms with Crippen LogP contribution in [0.15, 0.2) is 48.5 Å². The van der Waals surface area contributed by atoms with E-state index in [1.165, 1.54) is 16.7 Å². The van der Waals surface area contributed by atoms with Crippen molar-refractivity contribution in [1.82, 2.24) is 0 Å². The molecule has 0 radical (unpaired) electrons. The minimum atomic E-state index is -1.72. The molecule has 28 heavy (non-hydrogen) atoms. The summed E-state index contributed by atoms with van der Waals surface area (Å²) >= 11 is 0. The first-order chi connectivity index (χ1) is 13.9. The minimum absolute atomic E-state index is 0.209. The van der Waals surface area contributed by atoms with Crippen LogP contribution >= 0.6 is 0 Å². The lowest BCUT2D eigenvalue weighted by Crippen LogP contribution is -2.44. The third-order valence-corrected chi connectivity index (χ3v) is 7.71. The van der Waals surface area contributed by atoms with Gasteiger partial charge in [-0.25, -0.2) is 0 Å². The Morgan fingerprint density at radius 1 is 1.14 bits per heavy atom. The molecule has 2 N–H and O–H groups in total. The van der Waals surface area contributed by atoms with Gasteiger partial charge in [-0.3, -0.25) is 0 Å². The highest BCUT2D eigenvalue weighted by molar-refractivity contribution is 5.41. The second-order valence-electron chi connectivity index (χ2n) is 9.14.